The Morgan fingerprint density at radius 3 is 2.46 bits per heavy atom. The Morgan fingerprint density at radius 2 is 1.87 bits per heavy atom. The van der Waals surface area contributed by atoms with Crippen molar-refractivity contribution in [3.05, 3.63) is 11.6 Å². The Morgan fingerprint density at radius 1 is 1.18 bits per heavy atom. The van der Waals surface area contributed by atoms with Gasteiger partial charge in [-0.1, -0.05) is 53.5 Å². The highest BCUT2D eigenvalue weighted by Gasteiger charge is 2.62. The Labute approximate surface area is 233 Å². The van der Waals surface area contributed by atoms with Crippen LogP contribution in [0.2, 0.25) is 0 Å². The second-order valence-electron chi connectivity index (χ2n) is 13.9. The molecule has 0 spiro atoms. The molecule has 214 valence electrons. The predicted octanol–water partition coefficient (Wildman–Crippen LogP) is 3.46. The van der Waals surface area contributed by atoms with Gasteiger partial charge >= 0.3 is 0 Å². The summed E-state index contributed by atoms with van der Waals surface area (Å²) in [6.07, 6.45) is 8.06. The van der Waals surface area contributed by atoms with Crippen molar-refractivity contribution in [3.8, 4) is 6.07 Å². The number of Topliss-reactive ketones (excluding diaryl/α,β-unsaturated/α-hetero) is 2. The Kier molecular flexibility index (Phi) is 8.70. The Balaban J connectivity index is 1.45. The molecule has 3 aliphatic carbocycles. The van der Waals surface area contributed by atoms with E-state index in [1.165, 1.54) is 0 Å². The van der Waals surface area contributed by atoms with Gasteiger partial charge in [-0.2, -0.15) is 5.26 Å². The lowest BCUT2D eigenvalue weighted by atomic mass is 9.78. The first-order valence-corrected chi connectivity index (χ1v) is 14.8. The van der Waals surface area contributed by atoms with Crippen LogP contribution in [0, 0.1) is 51.8 Å². The van der Waals surface area contributed by atoms with Gasteiger partial charge < -0.3 is 10.6 Å². The molecule has 2 amide bonds. The summed E-state index contributed by atoms with van der Waals surface area (Å²) in [5.74, 6) is -0.190. The van der Waals surface area contributed by atoms with Crippen LogP contribution in [0.1, 0.15) is 86.0 Å². The minimum absolute atomic E-state index is 0.00889. The van der Waals surface area contributed by atoms with Crippen molar-refractivity contribution in [1.82, 2.24) is 16.0 Å². The van der Waals surface area contributed by atoms with E-state index in [-0.39, 0.29) is 59.0 Å². The van der Waals surface area contributed by atoms with Crippen LogP contribution in [-0.2, 0) is 19.2 Å². The fourth-order valence-electron chi connectivity index (χ4n) is 7.27. The summed E-state index contributed by atoms with van der Waals surface area (Å²) in [6.45, 7) is 11.0. The maximum Gasteiger partial charge on any atom is 0.223 e. The number of nitrogens with zero attached hydrogens (tertiary/aromatic N) is 1. The molecule has 6 atom stereocenters. The van der Waals surface area contributed by atoms with E-state index >= 15 is 0 Å². The van der Waals surface area contributed by atoms with Gasteiger partial charge in [-0.05, 0) is 66.8 Å². The molecule has 3 N–H and O–H groups in total. The van der Waals surface area contributed by atoms with E-state index in [2.05, 4.69) is 35.9 Å². The fraction of sp³-hybridized carbons (Fsp3) is 0.774. The second kappa shape index (κ2) is 11.5. The predicted molar refractivity (Wildman–Crippen MR) is 148 cm³/mol. The lowest BCUT2D eigenvalue weighted by Crippen LogP contribution is -2.51. The molecule has 0 bridgehead atoms. The van der Waals surface area contributed by atoms with Gasteiger partial charge in [0.25, 0.3) is 0 Å². The summed E-state index contributed by atoms with van der Waals surface area (Å²) in [5, 5.41) is 18.6. The zero-order valence-electron chi connectivity index (χ0n) is 24.3. The molecule has 4 aliphatic rings. The molecular weight excluding hydrogens is 492 g/mol. The summed E-state index contributed by atoms with van der Waals surface area (Å²) < 4.78 is 0. The number of nitrogens with one attached hydrogen (secondary N) is 3. The standard InChI is InChI=1S/C31H46N4O4/c1-30(2,3)27(35-29(39)18-8-6-7-9-18)26(37)19-10-11-23-25(31(23,4)5)22(15-19)24(36)17-34-21(16-32)14-20-12-13-33-28(20)38/h10,18,20-23,25,27,34H,6-9,11-15,17H2,1-5H3,(H,33,38)(H,35,39)/t20-,21-,22?,23-,25+,27?/m0/s1. The molecule has 3 fully saturated rings. The van der Waals surface area contributed by atoms with Crippen molar-refractivity contribution >= 4 is 23.4 Å². The van der Waals surface area contributed by atoms with Crippen LogP contribution in [0.5, 0.6) is 0 Å². The Hall–Kier alpha value is -2.53. The maximum absolute atomic E-state index is 13.9. The van der Waals surface area contributed by atoms with Gasteiger partial charge in [0, 0.05) is 24.3 Å². The highest BCUT2D eigenvalue weighted by Crippen LogP contribution is 2.65. The van der Waals surface area contributed by atoms with Crippen LogP contribution in [0.15, 0.2) is 11.6 Å². The van der Waals surface area contributed by atoms with Crippen molar-refractivity contribution in [1.29, 1.82) is 5.26 Å². The highest BCUT2D eigenvalue weighted by molar-refractivity contribution is 6.03. The first-order valence-electron chi connectivity index (χ1n) is 14.8. The molecular formula is C31H46N4O4. The lowest BCUT2D eigenvalue weighted by Gasteiger charge is -2.32. The van der Waals surface area contributed by atoms with E-state index in [1.807, 2.05) is 26.8 Å². The summed E-state index contributed by atoms with van der Waals surface area (Å²) in [5.41, 5.74) is 0.193. The fourth-order valence-corrected chi connectivity index (χ4v) is 7.27. The average Bonchev–Trinajstić information content (AvgIpc) is 3.22. The normalized spacial score (nSPS) is 29.7. The molecule has 0 radical (unpaired) electrons. The van der Waals surface area contributed by atoms with Crippen molar-refractivity contribution < 1.29 is 19.2 Å². The van der Waals surface area contributed by atoms with Gasteiger partial charge in [-0.15, -0.1) is 0 Å². The van der Waals surface area contributed by atoms with Gasteiger partial charge in [0.2, 0.25) is 11.8 Å². The number of ketones is 2. The minimum Gasteiger partial charge on any atom is -0.356 e. The zero-order valence-corrected chi connectivity index (χ0v) is 24.3. The number of hydrogen-bond acceptors (Lipinski definition) is 6. The summed E-state index contributed by atoms with van der Waals surface area (Å²) in [6, 6.07) is 0.985. The van der Waals surface area contributed by atoms with Crippen molar-refractivity contribution in [2.24, 2.45) is 40.4 Å². The van der Waals surface area contributed by atoms with Crippen LogP contribution in [-0.4, -0.2) is 48.6 Å². The Bertz CT molecular complexity index is 1060. The monoisotopic (exact) mass is 538 g/mol. The van der Waals surface area contributed by atoms with Gasteiger partial charge in [0.05, 0.1) is 24.7 Å². The van der Waals surface area contributed by atoms with E-state index < -0.39 is 17.5 Å². The van der Waals surface area contributed by atoms with Crippen LogP contribution < -0.4 is 16.0 Å². The number of allylic oxidation sites excluding steroid dienone is 1. The second-order valence-corrected chi connectivity index (χ2v) is 13.9. The summed E-state index contributed by atoms with van der Waals surface area (Å²) >= 11 is 0. The first kappa shape index (κ1) is 29.5. The molecule has 8 nitrogen and oxygen atoms in total. The van der Waals surface area contributed by atoms with Gasteiger partial charge in [0.1, 0.15) is 5.78 Å². The number of hydrogen-bond donors (Lipinski definition) is 3. The molecule has 2 unspecified atom stereocenters. The molecule has 2 saturated carbocycles. The van der Waals surface area contributed by atoms with E-state index in [4.69, 9.17) is 0 Å². The van der Waals surface area contributed by atoms with E-state index in [0.29, 0.717) is 37.3 Å². The van der Waals surface area contributed by atoms with Crippen LogP contribution in [0.4, 0.5) is 0 Å². The van der Waals surface area contributed by atoms with Crippen LogP contribution in [0.25, 0.3) is 0 Å². The molecule has 1 saturated heterocycles. The van der Waals surface area contributed by atoms with Crippen molar-refractivity contribution in [2.45, 2.75) is 98.1 Å². The molecule has 4 rings (SSSR count). The molecule has 0 aromatic carbocycles. The molecule has 0 aromatic rings. The third kappa shape index (κ3) is 6.45. The molecule has 0 aromatic heterocycles. The molecule has 1 aliphatic heterocycles. The van der Waals surface area contributed by atoms with Gasteiger partial charge in [0.15, 0.2) is 5.78 Å². The summed E-state index contributed by atoms with van der Waals surface area (Å²) in [7, 11) is 0. The number of fused-ring (bicyclic) bond motifs is 1. The maximum atomic E-state index is 13.9. The zero-order chi connectivity index (χ0) is 28.5. The summed E-state index contributed by atoms with van der Waals surface area (Å²) in [4.78, 5) is 52.5. The number of nitriles is 1. The highest BCUT2D eigenvalue weighted by atomic mass is 16.2. The average molecular weight is 539 g/mol. The third-order valence-electron chi connectivity index (χ3n) is 9.86. The molecule has 1 heterocycles. The minimum atomic E-state index is -0.645. The number of rotatable bonds is 10. The number of carbonyl (C=O) groups is 4. The first-order chi connectivity index (χ1) is 18.3. The van der Waals surface area contributed by atoms with Gasteiger partial charge in [-0.3, -0.25) is 24.5 Å². The molecule has 8 heteroatoms. The lowest BCUT2D eigenvalue weighted by molar-refractivity contribution is -0.131. The number of carbonyl (C=O) groups excluding carboxylic acids is 4. The van der Waals surface area contributed by atoms with Crippen LogP contribution >= 0.6 is 0 Å². The molecule has 39 heavy (non-hydrogen) atoms. The SMILES string of the molecule is CC(C)(C)C(NC(=O)C1CCCC1)C(=O)C1=CC[C@H]2[C@@H](C(C(=O)CN[C@H](C#N)C[C@@H]3CCNC3=O)C1)C2(C)C. The third-order valence-corrected chi connectivity index (χ3v) is 9.86. The van der Waals surface area contributed by atoms with Crippen LogP contribution in [0.3, 0.4) is 0 Å². The van der Waals surface area contributed by atoms with Gasteiger partial charge in [-0.25, -0.2) is 0 Å². The number of amides is 2. The van der Waals surface area contributed by atoms with Crippen molar-refractivity contribution in [3.63, 3.8) is 0 Å². The largest absolute Gasteiger partial charge is 0.356 e. The van der Waals surface area contributed by atoms with E-state index in [0.717, 1.165) is 32.1 Å². The van der Waals surface area contributed by atoms with Crippen molar-refractivity contribution in [2.75, 3.05) is 13.1 Å². The van der Waals surface area contributed by atoms with E-state index in [1.54, 1.807) is 0 Å². The quantitative estimate of drug-likeness (QED) is 0.391. The topological polar surface area (TPSA) is 128 Å². The van der Waals surface area contributed by atoms with E-state index in [9.17, 15) is 24.4 Å². The smallest absolute Gasteiger partial charge is 0.223 e.